The van der Waals surface area contributed by atoms with Gasteiger partial charge in [0.15, 0.2) is 0 Å². The molecule has 0 aromatic heterocycles. The van der Waals surface area contributed by atoms with E-state index in [-0.39, 0.29) is 0 Å². The molecule has 42 heavy (non-hydrogen) atoms. The van der Waals surface area contributed by atoms with Crippen LogP contribution >= 0.6 is 0 Å². The van der Waals surface area contributed by atoms with Crippen LogP contribution < -0.4 is 4.90 Å². The Labute approximate surface area is 247 Å². The van der Waals surface area contributed by atoms with Gasteiger partial charge in [0.05, 0.1) is 5.56 Å². The van der Waals surface area contributed by atoms with Gasteiger partial charge in [0.25, 0.3) is 0 Å². The number of rotatable bonds is 5. The molecule has 0 atom stereocenters. The highest BCUT2D eigenvalue weighted by molar-refractivity contribution is 6.12. The Balaban J connectivity index is 1.30. The summed E-state index contributed by atoms with van der Waals surface area (Å²) in [7, 11) is 0. The highest BCUT2D eigenvalue weighted by Crippen LogP contribution is 2.40. The molecule has 7 rings (SSSR count). The van der Waals surface area contributed by atoms with E-state index in [1.807, 2.05) is 24.3 Å². The highest BCUT2D eigenvalue weighted by atomic mass is 15.1. The van der Waals surface area contributed by atoms with Crippen molar-refractivity contribution < 1.29 is 0 Å². The molecule has 0 bridgehead atoms. The van der Waals surface area contributed by atoms with Crippen molar-refractivity contribution in [3.63, 3.8) is 0 Å². The van der Waals surface area contributed by atoms with Gasteiger partial charge in [0, 0.05) is 27.8 Å². The van der Waals surface area contributed by atoms with Crippen LogP contribution in [0.25, 0.3) is 33.7 Å². The fourth-order valence-electron chi connectivity index (χ4n) is 6.47. The maximum absolute atomic E-state index is 9.97. The zero-order valence-corrected chi connectivity index (χ0v) is 23.8. The van der Waals surface area contributed by atoms with Crippen molar-refractivity contribution in [2.75, 3.05) is 4.90 Å². The van der Waals surface area contributed by atoms with Crippen LogP contribution in [0.4, 0.5) is 17.1 Å². The first-order valence-corrected chi connectivity index (χ1v) is 14.8. The molecule has 0 spiro atoms. The molecule has 0 aliphatic heterocycles. The molecule has 0 fully saturated rings. The molecule has 0 radical (unpaired) electrons. The number of aryl methyl sites for hydroxylation is 2. The molecule has 202 valence electrons. The SMILES string of the molecule is Cc1ccc(N(c2ccc(/C=C/c3c4ccccc4c(C#N)c4ccccc34)cc2)c2cccc3c2CCCC3)cc1. The molecular weight excluding hydrogens is 508 g/mol. The first kappa shape index (κ1) is 25.8. The summed E-state index contributed by atoms with van der Waals surface area (Å²) in [6.45, 7) is 2.14. The summed E-state index contributed by atoms with van der Waals surface area (Å²) in [6, 6.07) is 43.4. The lowest BCUT2D eigenvalue weighted by Crippen LogP contribution is -2.15. The van der Waals surface area contributed by atoms with Crippen molar-refractivity contribution in [2.24, 2.45) is 0 Å². The molecule has 6 aromatic carbocycles. The average Bonchev–Trinajstić information content (AvgIpc) is 3.05. The molecule has 1 aliphatic carbocycles. The van der Waals surface area contributed by atoms with Crippen LogP contribution in [0.5, 0.6) is 0 Å². The van der Waals surface area contributed by atoms with E-state index in [4.69, 9.17) is 0 Å². The van der Waals surface area contributed by atoms with Gasteiger partial charge in [-0.2, -0.15) is 5.26 Å². The number of hydrogen-bond acceptors (Lipinski definition) is 2. The Morgan fingerprint density at radius 1 is 0.619 bits per heavy atom. The van der Waals surface area contributed by atoms with E-state index in [1.54, 1.807) is 0 Å². The standard InChI is InChI=1S/C40H32N2/c1-28-17-22-31(23-18-28)42(40-16-8-10-30-9-2-3-11-33(30)40)32-24-19-29(20-25-32)21-26-38-34-12-4-6-14-36(34)39(27-41)37-15-7-5-13-35(37)38/h4-8,10,12-26H,2-3,9,11H2,1H3/b26-21+. The third-order valence-corrected chi connectivity index (χ3v) is 8.58. The second-order valence-electron chi connectivity index (χ2n) is 11.2. The molecule has 0 amide bonds. The minimum atomic E-state index is 0.738. The number of nitriles is 1. The van der Waals surface area contributed by atoms with Gasteiger partial charge in [0.1, 0.15) is 6.07 Å². The lowest BCUT2D eigenvalue weighted by atomic mass is 9.89. The van der Waals surface area contributed by atoms with Crippen molar-refractivity contribution in [1.29, 1.82) is 5.26 Å². The molecule has 6 aromatic rings. The molecule has 0 saturated carbocycles. The largest absolute Gasteiger partial charge is 0.310 e. The van der Waals surface area contributed by atoms with Crippen molar-refractivity contribution in [3.8, 4) is 6.07 Å². The highest BCUT2D eigenvalue weighted by Gasteiger charge is 2.20. The third-order valence-electron chi connectivity index (χ3n) is 8.58. The topological polar surface area (TPSA) is 27.0 Å². The molecule has 0 N–H and O–H groups in total. The third kappa shape index (κ3) is 4.64. The maximum Gasteiger partial charge on any atom is 0.100 e. The van der Waals surface area contributed by atoms with Gasteiger partial charge in [-0.3, -0.25) is 0 Å². The Morgan fingerprint density at radius 2 is 1.21 bits per heavy atom. The van der Waals surface area contributed by atoms with E-state index in [2.05, 4.69) is 121 Å². The molecule has 2 nitrogen and oxygen atoms in total. The van der Waals surface area contributed by atoms with E-state index < -0.39 is 0 Å². The summed E-state index contributed by atoms with van der Waals surface area (Å²) >= 11 is 0. The first-order chi connectivity index (χ1) is 20.7. The van der Waals surface area contributed by atoms with Crippen LogP contribution in [-0.2, 0) is 12.8 Å². The molecular formula is C40H32N2. The van der Waals surface area contributed by atoms with E-state index >= 15 is 0 Å². The van der Waals surface area contributed by atoms with Gasteiger partial charge < -0.3 is 4.90 Å². The van der Waals surface area contributed by atoms with Crippen LogP contribution in [0.3, 0.4) is 0 Å². The Kier molecular flexibility index (Phi) is 6.78. The number of hydrogen-bond donors (Lipinski definition) is 0. The van der Waals surface area contributed by atoms with Gasteiger partial charge in [-0.15, -0.1) is 0 Å². The van der Waals surface area contributed by atoms with Gasteiger partial charge in [-0.1, -0.05) is 103 Å². The Hall–Kier alpha value is -5.13. The summed E-state index contributed by atoms with van der Waals surface area (Å²) in [5.74, 6) is 0. The van der Waals surface area contributed by atoms with Crippen LogP contribution in [-0.4, -0.2) is 0 Å². The molecule has 0 heterocycles. The van der Waals surface area contributed by atoms with Gasteiger partial charge >= 0.3 is 0 Å². The van der Waals surface area contributed by atoms with Crippen LogP contribution in [0.1, 0.15) is 46.2 Å². The maximum atomic E-state index is 9.97. The van der Waals surface area contributed by atoms with Gasteiger partial charge in [-0.05, 0) is 96.0 Å². The summed E-state index contributed by atoms with van der Waals surface area (Å²) < 4.78 is 0. The molecule has 0 unspecified atom stereocenters. The zero-order chi connectivity index (χ0) is 28.5. The van der Waals surface area contributed by atoms with Crippen molar-refractivity contribution in [3.05, 3.63) is 149 Å². The number of fused-ring (bicyclic) bond motifs is 3. The fourth-order valence-corrected chi connectivity index (χ4v) is 6.47. The molecule has 0 saturated heterocycles. The van der Waals surface area contributed by atoms with Crippen LogP contribution in [0.15, 0.2) is 115 Å². The predicted octanol–water partition coefficient (Wildman–Crippen LogP) is 10.7. The second kappa shape index (κ2) is 11.0. The van der Waals surface area contributed by atoms with E-state index in [0.717, 1.165) is 56.8 Å². The quantitative estimate of drug-likeness (QED) is 0.161. The lowest BCUT2D eigenvalue weighted by Gasteiger charge is -2.30. The molecule has 2 heteroatoms. The van der Waals surface area contributed by atoms with Crippen molar-refractivity contribution >= 4 is 50.8 Å². The normalized spacial score (nSPS) is 12.9. The number of nitrogens with zero attached hydrogens (tertiary/aromatic N) is 2. The van der Waals surface area contributed by atoms with Crippen LogP contribution in [0.2, 0.25) is 0 Å². The summed E-state index contributed by atoms with van der Waals surface area (Å²) in [5, 5.41) is 14.2. The van der Waals surface area contributed by atoms with Crippen molar-refractivity contribution in [1.82, 2.24) is 0 Å². The zero-order valence-electron chi connectivity index (χ0n) is 23.8. The predicted molar refractivity (Wildman–Crippen MR) is 178 cm³/mol. The van der Waals surface area contributed by atoms with Crippen molar-refractivity contribution in [2.45, 2.75) is 32.6 Å². The van der Waals surface area contributed by atoms with Gasteiger partial charge in [0.2, 0.25) is 0 Å². The van der Waals surface area contributed by atoms with E-state index in [1.165, 1.54) is 40.9 Å². The average molecular weight is 541 g/mol. The minimum Gasteiger partial charge on any atom is -0.310 e. The smallest absolute Gasteiger partial charge is 0.100 e. The summed E-state index contributed by atoms with van der Waals surface area (Å²) in [5.41, 5.74) is 10.9. The van der Waals surface area contributed by atoms with Crippen LogP contribution in [0, 0.1) is 18.3 Å². The number of benzene rings is 6. The van der Waals surface area contributed by atoms with Gasteiger partial charge in [-0.25, -0.2) is 0 Å². The van der Waals surface area contributed by atoms with E-state index in [0.29, 0.717) is 0 Å². The second-order valence-corrected chi connectivity index (χ2v) is 11.2. The first-order valence-electron chi connectivity index (χ1n) is 14.8. The molecule has 1 aliphatic rings. The summed E-state index contributed by atoms with van der Waals surface area (Å²) in [4.78, 5) is 2.42. The minimum absolute atomic E-state index is 0.738. The Bertz CT molecular complexity index is 1930. The Morgan fingerprint density at radius 3 is 1.86 bits per heavy atom. The van der Waals surface area contributed by atoms with E-state index in [9.17, 15) is 5.26 Å². The monoisotopic (exact) mass is 540 g/mol. The lowest BCUT2D eigenvalue weighted by molar-refractivity contribution is 0.686. The fraction of sp³-hybridized carbons (Fsp3) is 0.125. The summed E-state index contributed by atoms with van der Waals surface area (Å²) in [6.07, 6.45) is 9.19. The number of anilines is 3.